The van der Waals surface area contributed by atoms with Gasteiger partial charge in [0.05, 0.1) is 46.0 Å². The van der Waals surface area contributed by atoms with E-state index in [0.717, 1.165) is 71.6 Å². The molecule has 2 aliphatic heterocycles. The maximum absolute atomic E-state index is 13.5. The number of benzene rings is 2. The highest BCUT2D eigenvalue weighted by molar-refractivity contribution is 7.18. The highest BCUT2D eigenvalue weighted by atomic mass is 32.1. The van der Waals surface area contributed by atoms with Crippen molar-refractivity contribution in [3.63, 3.8) is 0 Å². The lowest BCUT2D eigenvalue weighted by Crippen LogP contribution is -2.46. The van der Waals surface area contributed by atoms with Crippen LogP contribution in [-0.4, -0.2) is 74.4 Å². The lowest BCUT2D eigenvalue weighted by molar-refractivity contribution is -0.0592. The van der Waals surface area contributed by atoms with Gasteiger partial charge in [0.1, 0.15) is 29.1 Å². The van der Waals surface area contributed by atoms with E-state index in [9.17, 15) is 14.3 Å². The molecule has 2 aromatic carbocycles. The van der Waals surface area contributed by atoms with Crippen molar-refractivity contribution in [1.82, 2.24) is 24.4 Å². The number of halogens is 1. The Hall–Kier alpha value is -4.13. The number of imidazole rings is 1. The summed E-state index contributed by atoms with van der Waals surface area (Å²) in [5.74, 6) is 1.05. The lowest BCUT2D eigenvalue weighted by atomic mass is 10.1. The molecule has 0 bridgehead atoms. The minimum atomic E-state index is -0.946. The Morgan fingerprint density at radius 2 is 1.90 bits per heavy atom. The molecule has 2 saturated heterocycles. The molecule has 7 rings (SSSR count). The van der Waals surface area contributed by atoms with Gasteiger partial charge in [0, 0.05) is 44.9 Å². The van der Waals surface area contributed by atoms with Crippen LogP contribution in [0.3, 0.4) is 0 Å². The predicted octanol–water partition coefficient (Wildman–Crippen LogP) is 4.57. The van der Waals surface area contributed by atoms with Crippen molar-refractivity contribution in [2.75, 3.05) is 37.7 Å². The Kier molecular flexibility index (Phi) is 7.18. The second-order valence-corrected chi connectivity index (χ2v) is 11.6. The maximum Gasteiger partial charge on any atom is 0.335 e. The first-order chi connectivity index (χ1) is 20.5. The van der Waals surface area contributed by atoms with Crippen LogP contribution in [0.15, 0.2) is 54.6 Å². The van der Waals surface area contributed by atoms with Crippen LogP contribution in [0.1, 0.15) is 27.6 Å². The van der Waals surface area contributed by atoms with E-state index < -0.39 is 5.97 Å². The summed E-state index contributed by atoms with van der Waals surface area (Å²) in [6, 6.07) is 15.5. The topological polar surface area (TPSA) is 106 Å². The fourth-order valence-corrected chi connectivity index (χ4v) is 6.26. The van der Waals surface area contributed by atoms with E-state index in [2.05, 4.69) is 19.4 Å². The largest absolute Gasteiger partial charge is 0.478 e. The number of hydrogen-bond donors (Lipinski definition) is 1. The molecule has 2 aliphatic rings. The third kappa shape index (κ3) is 5.52. The summed E-state index contributed by atoms with van der Waals surface area (Å²) in [6.45, 7) is 5.63. The van der Waals surface area contributed by atoms with Gasteiger partial charge in [-0.3, -0.25) is 4.90 Å². The van der Waals surface area contributed by atoms with Crippen molar-refractivity contribution >= 4 is 44.4 Å². The zero-order valence-electron chi connectivity index (χ0n) is 22.8. The van der Waals surface area contributed by atoms with E-state index in [0.29, 0.717) is 24.5 Å². The molecule has 1 N–H and O–H groups in total. The Labute approximate surface area is 244 Å². The number of nitrogens with zero attached hydrogens (tertiary/aromatic N) is 6. The molecule has 42 heavy (non-hydrogen) atoms. The molecule has 0 spiro atoms. The normalized spacial score (nSPS) is 17.5. The summed E-state index contributed by atoms with van der Waals surface area (Å²) in [7, 11) is 0. The number of pyridine rings is 1. The van der Waals surface area contributed by atoms with Crippen molar-refractivity contribution in [3.8, 4) is 5.88 Å². The number of carboxylic acids is 1. The fraction of sp³-hybridized carbons (Fsp3) is 0.333. The van der Waals surface area contributed by atoms with E-state index in [1.165, 1.54) is 23.5 Å². The number of hydrogen-bond acceptors (Lipinski definition) is 9. The predicted molar refractivity (Wildman–Crippen MR) is 157 cm³/mol. The molecule has 0 amide bonds. The second kappa shape index (κ2) is 11.3. The summed E-state index contributed by atoms with van der Waals surface area (Å²) >= 11 is 1.48. The number of aromatic carboxylic acids is 1. The lowest BCUT2D eigenvalue weighted by Gasteiger charge is -2.35. The summed E-state index contributed by atoms with van der Waals surface area (Å²) in [4.78, 5) is 30.3. The number of carbonyl (C=O) groups is 1. The van der Waals surface area contributed by atoms with Gasteiger partial charge in [-0.1, -0.05) is 6.07 Å². The Bertz CT molecular complexity index is 1760. The average molecular weight is 589 g/mol. The van der Waals surface area contributed by atoms with Crippen molar-refractivity contribution in [1.29, 1.82) is 0 Å². The van der Waals surface area contributed by atoms with Gasteiger partial charge in [-0.2, -0.15) is 4.98 Å². The van der Waals surface area contributed by atoms with Crippen LogP contribution < -0.4 is 9.64 Å². The third-order valence-electron chi connectivity index (χ3n) is 7.76. The number of carboxylic acid groups (broad SMARTS) is 1. The summed E-state index contributed by atoms with van der Waals surface area (Å²) in [5, 5.41) is 10.3. The molecule has 0 aliphatic carbocycles. The SMILES string of the molecule is O=C(O)c1ccc2nc(CN3CCN(c4cccc(OCc5nc6cc(F)ccc6s5)n4)CC3)n(CC3CCO3)c2c1. The Morgan fingerprint density at radius 1 is 1.05 bits per heavy atom. The molecule has 3 aromatic heterocycles. The van der Waals surface area contributed by atoms with E-state index in [-0.39, 0.29) is 24.1 Å². The first-order valence-corrected chi connectivity index (χ1v) is 14.8. The first-order valence-electron chi connectivity index (χ1n) is 13.9. The molecule has 1 atom stereocenters. The number of anilines is 1. The van der Waals surface area contributed by atoms with Crippen LogP contribution in [0, 0.1) is 5.82 Å². The zero-order valence-corrected chi connectivity index (χ0v) is 23.6. The first kappa shape index (κ1) is 26.7. The van der Waals surface area contributed by atoms with Crippen LogP contribution in [0.25, 0.3) is 21.3 Å². The van der Waals surface area contributed by atoms with Crippen molar-refractivity contribution in [3.05, 3.63) is 76.8 Å². The Balaban J connectivity index is 1.000. The standard InChI is InChI=1S/C30H29FN6O4S/c31-20-5-7-25-23(15-20)33-29(42-25)18-41-28-3-1-2-26(34-28)36-11-9-35(10-12-36)17-27-32-22-6-4-19(30(38)39)14-24(22)37(27)16-21-8-13-40-21/h1-7,14-15,21H,8-13,16-18H2,(H,38,39). The van der Waals surface area contributed by atoms with Gasteiger partial charge in [0.15, 0.2) is 0 Å². The zero-order chi connectivity index (χ0) is 28.6. The van der Waals surface area contributed by atoms with Gasteiger partial charge >= 0.3 is 5.97 Å². The molecular formula is C30H29FN6O4S. The molecule has 5 aromatic rings. The highest BCUT2D eigenvalue weighted by Gasteiger charge is 2.25. The van der Waals surface area contributed by atoms with Crippen molar-refractivity contribution < 1.29 is 23.8 Å². The molecule has 0 radical (unpaired) electrons. The van der Waals surface area contributed by atoms with Crippen LogP contribution in [0.2, 0.25) is 0 Å². The minimum Gasteiger partial charge on any atom is -0.478 e. The smallest absolute Gasteiger partial charge is 0.335 e. The van der Waals surface area contributed by atoms with Crippen LogP contribution in [0.4, 0.5) is 10.2 Å². The Morgan fingerprint density at radius 3 is 2.69 bits per heavy atom. The van der Waals surface area contributed by atoms with Gasteiger partial charge in [-0.25, -0.2) is 19.2 Å². The number of thiazole rings is 1. The summed E-state index contributed by atoms with van der Waals surface area (Å²) in [6.07, 6.45) is 1.12. The average Bonchev–Trinajstić information content (AvgIpc) is 3.53. The van der Waals surface area contributed by atoms with E-state index in [1.807, 2.05) is 18.2 Å². The monoisotopic (exact) mass is 588 g/mol. The van der Waals surface area contributed by atoms with Crippen molar-refractivity contribution in [2.24, 2.45) is 0 Å². The van der Waals surface area contributed by atoms with Gasteiger partial charge < -0.3 is 24.0 Å². The maximum atomic E-state index is 13.5. The number of fused-ring (bicyclic) bond motifs is 2. The number of ether oxygens (including phenoxy) is 2. The molecular weight excluding hydrogens is 559 g/mol. The molecule has 5 heterocycles. The highest BCUT2D eigenvalue weighted by Crippen LogP contribution is 2.26. The molecule has 10 nitrogen and oxygen atoms in total. The van der Waals surface area contributed by atoms with Gasteiger partial charge in [-0.15, -0.1) is 11.3 Å². The quantitative estimate of drug-likeness (QED) is 0.265. The number of aromatic nitrogens is 4. The number of rotatable bonds is 9. The molecule has 2 fully saturated rings. The van der Waals surface area contributed by atoms with Crippen LogP contribution >= 0.6 is 11.3 Å². The van der Waals surface area contributed by atoms with Gasteiger partial charge in [-0.05, 0) is 42.8 Å². The van der Waals surface area contributed by atoms with Crippen LogP contribution in [-0.2, 0) is 24.4 Å². The van der Waals surface area contributed by atoms with E-state index in [1.54, 1.807) is 24.3 Å². The molecule has 216 valence electrons. The van der Waals surface area contributed by atoms with Gasteiger partial charge in [0.25, 0.3) is 0 Å². The summed E-state index contributed by atoms with van der Waals surface area (Å²) < 4.78 is 28.2. The summed E-state index contributed by atoms with van der Waals surface area (Å²) in [5.41, 5.74) is 2.52. The van der Waals surface area contributed by atoms with E-state index >= 15 is 0 Å². The third-order valence-corrected chi connectivity index (χ3v) is 8.77. The van der Waals surface area contributed by atoms with Crippen LogP contribution in [0.5, 0.6) is 5.88 Å². The number of piperazine rings is 1. The van der Waals surface area contributed by atoms with Gasteiger partial charge in [0.2, 0.25) is 5.88 Å². The fourth-order valence-electron chi connectivity index (χ4n) is 5.40. The minimum absolute atomic E-state index is 0.129. The second-order valence-electron chi connectivity index (χ2n) is 10.5. The molecule has 12 heteroatoms. The molecule has 1 unspecified atom stereocenters. The van der Waals surface area contributed by atoms with Crippen molar-refractivity contribution in [2.45, 2.75) is 32.2 Å². The van der Waals surface area contributed by atoms with E-state index in [4.69, 9.17) is 19.4 Å². The molecule has 0 saturated carbocycles.